The average Bonchev–Trinajstić information content (AvgIpc) is 3.28. The number of carboxylic acid groups (broad SMARTS) is 1. The Morgan fingerprint density at radius 1 is 0.385 bits per heavy atom. The molecule has 5 aliphatic rings. The number of hydrogen-bond acceptors (Lipinski definition) is 23. The third-order valence-corrected chi connectivity index (χ3v) is 13.8. The number of aliphatic hydroxyl groups is 13. The van der Waals surface area contributed by atoms with Gasteiger partial charge in [-0.05, 0) is 20.3 Å². The highest BCUT2D eigenvalue weighted by molar-refractivity contribution is 5.73. The van der Waals surface area contributed by atoms with Crippen molar-refractivity contribution in [3.63, 3.8) is 0 Å². The summed E-state index contributed by atoms with van der Waals surface area (Å²) in [6.45, 7) is 0.719. The van der Waals surface area contributed by atoms with Gasteiger partial charge in [0.2, 0.25) is 0 Å². The molecule has 0 aromatic rings. The summed E-state index contributed by atoms with van der Waals surface area (Å²) >= 11 is 0. The van der Waals surface area contributed by atoms with Crippen LogP contribution in [-0.2, 0) is 47.4 Å². The Bertz CT molecular complexity index is 1420. The zero-order chi connectivity index (χ0) is 47.9. The minimum absolute atomic E-state index is 0.154. The van der Waals surface area contributed by atoms with E-state index in [1.807, 2.05) is 0 Å². The molecule has 25 atom stereocenters. The topological polar surface area (TPSA) is 383 Å². The van der Waals surface area contributed by atoms with Crippen LogP contribution in [0, 0.1) is 29.6 Å². The molecular weight excluding hydrogens is 876 g/mol. The van der Waals surface area contributed by atoms with Crippen LogP contribution in [0.3, 0.4) is 0 Å². The van der Waals surface area contributed by atoms with Crippen LogP contribution in [0.1, 0.15) is 27.2 Å². The molecule has 24 heteroatoms. The van der Waals surface area contributed by atoms with Crippen LogP contribution >= 0.6 is 0 Å². The maximum Gasteiger partial charge on any atom is 0.333 e. The molecule has 0 aromatic heterocycles. The molecule has 5 rings (SSSR count). The van der Waals surface area contributed by atoms with Crippen molar-refractivity contribution in [1.82, 2.24) is 0 Å². The molecule has 10 unspecified atom stereocenters. The van der Waals surface area contributed by atoms with Gasteiger partial charge in [0.15, 0.2) is 6.10 Å². The molecule has 5 fully saturated rings. The van der Waals surface area contributed by atoms with Crippen LogP contribution in [0.15, 0.2) is 0 Å². The number of rotatable bonds is 21. The first-order chi connectivity index (χ1) is 30.9. The van der Waals surface area contributed by atoms with Crippen molar-refractivity contribution in [3.8, 4) is 0 Å². The molecule has 5 saturated heterocycles. The molecule has 0 aliphatic carbocycles. The lowest BCUT2D eigenvalue weighted by Gasteiger charge is -2.46. The number of aliphatic hydroxyl groups excluding tert-OH is 13. The second-order valence-electron chi connectivity index (χ2n) is 17.9. The van der Waals surface area contributed by atoms with Gasteiger partial charge in [-0.1, -0.05) is 6.92 Å². The number of carbonyl (C=O) groups is 1. The van der Waals surface area contributed by atoms with Gasteiger partial charge in [0.05, 0.1) is 122 Å². The van der Waals surface area contributed by atoms with Gasteiger partial charge in [0, 0.05) is 29.6 Å². The normalized spacial score (nSPS) is 47.4. The Balaban J connectivity index is 1.22. The lowest BCUT2D eigenvalue weighted by Crippen LogP contribution is -2.60. The molecule has 0 aromatic carbocycles. The highest BCUT2D eigenvalue weighted by Crippen LogP contribution is 2.35. The quantitative estimate of drug-likeness (QED) is 0.0508. The SMILES string of the molecule is CC[C@H]1C(O)[C@H](COC[C@@H]2C(C(=O)O)O[C@@H](COC[C@@H]3C(CO)O[C@@H](COC[C@H]4C(C)O[C@@H](CO)C(O)[C@H]4O)C(O)[C@@H]3COC[C@@H]3OC(C)[C@@H](O)[C@H](O)C3O)C(O)[C@@H]2O)OC(CO)[C@H]1O. The van der Waals surface area contributed by atoms with Crippen LogP contribution in [0.2, 0.25) is 0 Å². The van der Waals surface area contributed by atoms with E-state index in [1.54, 1.807) is 13.8 Å². The average molecular weight is 949 g/mol. The summed E-state index contributed by atoms with van der Waals surface area (Å²) in [5.74, 6) is -5.93. The molecule has 380 valence electrons. The molecule has 5 aliphatic heterocycles. The summed E-state index contributed by atoms with van der Waals surface area (Å²) in [6, 6.07) is 0. The van der Waals surface area contributed by atoms with E-state index in [-0.39, 0.29) is 39.6 Å². The molecule has 0 radical (unpaired) electrons. The van der Waals surface area contributed by atoms with Crippen molar-refractivity contribution >= 4 is 5.97 Å². The van der Waals surface area contributed by atoms with Crippen molar-refractivity contribution in [2.75, 3.05) is 72.7 Å². The van der Waals surface area contributed by atoms with Gasteiger partial charge in [0.25, 0.3) is 0 Å². The van der Waals surface area contributed by atoms with E-state index in [9.17, 15) is 76.3 Å². The summed E-state index contributed by atoms with van der Waals surface area (Å²) in [4.78, 5) is 12.4. The minimum Gasteiger partial charge on any atom is -0.479 e. The van der Waals surface area contributed by atoms with E-state index in [4.69, 9.17) is 42.6 Å². The fourth-order valence-electron chi connectivity index (χ4n) is 9.63. The van der Waals surface area contributed by atoms with Gasteiger partial charge in [-0.2, -0.15) is 0 Å². The second-order valence-corrected chi connectivity index (χ2v) is 17.9. The Kier molecular flexibility index (Phi) is 20.9. The van der Waals surface area contributed by atoms with Gasteiger partial charge < -0.3 is 114 Å². The lowest BCUT2D eigenvalue weighted by atomic mass is 9.79. The van der Waals surface area contributed by atoms with Gasteiger partial charge >= 0.3 is 5.97 Å². The van der Waals surface area contributed by atoms with Crippen LogP contribution in [-0.4, -0.2) is 272 Å². The van der Waals surface area contributed by atoms with Gasteiger partial charge in [-0.3, -0.25) is 0 Å². The van der Waals surface area contributed by atoms with Gasteiger partial charge in [-0.15, -0.1) is 0 Å². The Morgan fingerprint density at radius 3 is 1.31 bits per heavy atom. The van der Waals surface area contributed by atoms with E-state index in [1.165, 1.54) is 6.92 Å². The Morgan fingerprint density at radius 2 is 0.769 bits per heavy atom. The van der Waals surface area contributed by atoms with Crippen LogP contribution < -0.4 is 0 Å². The monoisotopic (exact) mass is 948 g/mol. The molecule has 5 heterocycles. The van der Waals surface area contributed by atoms with E-state index in [0.717, 1.165) is 0 Å². The van der Waals surface area contributed by atoms with Gasteiger partial charge in [0.1, 0.15) is 67.1 Å². The molecular formula is C41H72O24. The zero-order valence-electron chi connectivity index (χ0n) is 36.8. The number of hydrogen-bond donors (Lipinski definition) is 14. The summed E-state index contributed by atoms with van der Waals surface area (Å²) in [5.41, 5.74) is 0. The number of carboxylic acids is 1. The molecule has 65 heavy (non-hydrogen) atoms. The van der Waals surface area contributed by atoms with E-state index >= 15 is 0 Å². The third kappa shape index (κ3) is 12.7. The van der Waals surface area contributed by atoms with Gasteiger partial charge in [-0.25, -0.2) is 4.79 Å². The fraction of sp³-hybridized carbons (Fsp3) is 0.976. The largest absolute Gasteiger partial charge is 0.479 e. The third-order valence-electron chi connectivity index (χ3n) is 13.8. The summed E-state index contributed by atoms with van der Waals surface area (Å²) in [7, 11) is 0. The zero-order valence-corrected chi connectivity index (χ0v) is 36.8. The van der Waals surface area contributed by atoms with Crippen LogP contribution in [0.5, 0.6) is 0 Å². The number of ether oxygens (including phenoxy) is 9. The molecule has 0 saturated carbocycles. The standard InChI is InChI=1S/C41H72O24/c1-4-18-31(46)24(6-43)64-26(32(18)47)12-60-11-22-35(50)37(52)29(65-40(22)41(55)56)15-58-9-20-21(10-59-14-28-38(53)39(54)30(45)17(3)62-28)33(48)27(63-23(20)5-42)13-57-8-19-16(2)61-25(7-44)36(51)34(19)49/h16-40,42-54H,4-15H2,1-3H3,(H,55,56)/t16?,17?,18-,19+,20+,21-,22+,23?,24?,25+,26+,27+,28+,29+,30-,31+,32?,33?,34+,35-,36?,37?,38?,39+,40?/m1/s1. The second kappa shape index (κ2) is 24.9. The molecule has 0 amide bonds. The minimum atomic E-state index is -1.71. The highest BCUT2D eigenvalue weighted by atomic mass is 16.6. The Hall–Kier alpha value is -1.41. The number of aliphatic carboxylic acids is 1. The first kappa shape index (κ1) is 54.5. The van der Waals surface area contributed by atoms with Crippen molar-refractivity contribution in [2.24, 2.45) is 29.6 Å². The van der Waals surface area contributed by atoms with Crippen molar-refractivity contribution in [3.05, 3.63) is 0 Å². The van der Waals surface area contributed by atoms with Crippen molar-refractivity contribution < 1.29 is 119 Å². The maximum absolute atomic E-state index is 12.4. The first-order valence-corrected chi connectivity index (χ1v) is 22.3. The van der Waals surface area contributed by atoms with E-state index in [2.05, 4.69) is 0 Å². The van der Waals surface area contributed by atoms with Crippen molar-refractivity contribution in [1.29, 1.82) is 0 Å². The fourth-order valence-corrected chi connectivity index (χ4v) is 9.63. The highest BCUT2D eigenvalue weighted by Gasteiger charge is 2.51. The predicted molar refractivity (Wildman–Crippen MR) is 215 cm³/mol. The predicted octanol–water partition coefficient (Wildman–Crippen LogP) is -6.91. The molecule has 0 spiro atoms. The Labute approximate surface area is 376 Å². The van der Waals surface area contributed by atoms with E-state index in [0.29, 0.717) is 6.42 Å². The summed E-state index contributed by atoms with van der Waals surface area (Å²) < 4.78 is 52.0. The van der Waals surface area contributed by atoms with Crippen molar-refractivity contribution in [2.45, 2.75) is 149 Å². The first-order valence-electron chi connectivity index (χ1n) is 22.3. The maximum atomic E-state index is 12.4. The smallest absolute Gasteiger partial charge is 0.333 e. The van der Waals surface area contributed by atoms with Crippen LogP contribution in [0.25, 0.3) is 0 Å². The van der Waals surface area contributed by atoms with E-state index < -0.39 is 191 Å². The molecule has 24 nitrogen and oxygen atoms in total. The summed E-state index contributed by atoms with van der Waals surface area (Å²) in [6.07, 6.45) is -24.6. The summed E-state index contributed by atoms with van der Waals surface area (Å²) in [5, 5.41) is 147. The van der Waals surface area contributed by atoms with Crippen LogP contribution in [0.4, 0.5) is 0 Å². The molecule has 14 N–H and O–H groups in total. The lowest BCUT2D eigenvalue weighted by molar-refractivity contribution is -0.248. The molecule has 0 bridgehead atoms.